The summed E-state index contributed by atoms with van der Waals surface area (Å²) < 4.78 is 0. The third kappa shape index (κ3) is 2.61. The number of aliphatic imine (C=N–C) groups is 1. The van der Waals surface area contributed by atoms with Crippen LogP contribution in [0.25, 0.3) is 0 Å². The fraction of sp³-hybridized carbons (Fsp3) is 0.250. The fourth-order valence-corrected chi connectivity index (χ4v) is 1.95. The summed E-state index contributed by atoms with van der Waals surface area (Å²) in [6.45, 7) is 2.83. The molecule has 0 aliphatic carbocycles. The van der Waals surface area contributed by atoms with Gasteiger partial charge in [0.2, 0.25) is 0 Å². The van der Waals surface area contributed by atoms with Gasteiger partial charge in [-0.05, 0) is 42.7 Å². The zero-order valence-electron chi connectivity index (χ0n) is 8.43. The van der Waals surface area contributed by atoms with Gasteiger partial charge in [0.1, 0.15) is 0 Å². The Morgan fingerprint density at radius 3 is 2.67 bits per heavy atom. The van der Waals surface area contributed by atoms with Gasteiger partial charge in [-0.3, -0.25) is 4.99 Å². The van der Waals surface area contributed by atoms with Gasteiger partial charge >= 0.3 is 0 Å². The van der Waals surface area contributed by atoms with Gasteiger partial charge in [0.05, 0.1) is 16.6 Å². The van der Waals surface area contributed by atoms with Crippen molar-refractivity contribution in [2.75, 3.05) is 6.54 Å². The summed E-state index contributed by atoms with van der Waals surface area (Å²) in [7, 11) is 0. The number of allylic oxidation sites excluding steroid dienone is 1. The van der Waals surface area contributed by atoms with E-state index in [0.29, 0.717) is 10.0 Å². The highest BCUT2D eigenvalue weighted by molar-refractivity contribution is 6.42. The molecule has 0 saturated carbocycles. The van der Waals surface area contributed by atoms with Crippen LogP contribution in [0.5, 0.6) is 0 Å². The van der Waals surface area contributed by atoms with Gasteiger partial charge in [0.25, 0.3) is 0 Å². The minimum atomic E-state index is 0.605. The maximum atomic E-state index is 5.95. The van der Waals surface area contributed by atoms with Gasteiger partial charge < -0.3 is 0 Å². The molecule has 1 aromatic carbocycles. The third-order valence-electron chi connectivity index (χ3n) is 2.36. The Hall–Kier alpha value is -0.790. The molecule has 0 atom stereocenters. The lowest BCUT2D eigenvalue weighted by Crippen LogP contribution is -1.91. The van der Waals surface area contributed by atoms with Gasteiger partial charge in [0.15, 0.2) is 0 Å². The van der Waals surface area contributed by atoms with Crippen molar-refractivity contribution in [2.45, 2.75) is 13.3 Å². The summed E-state index contributed by atoms with van der Waals surface area (Å²) in [5.74, 6) is 0. The number of hydrogen-bond donors (Lipinski definition) is 0. The van der Waals surface area contributed by atoms with E-state index in [2.05, 4.69) is 11.1 Å². The van der Waals surface area contributed by atoms with Crippen LogP contribution < -0.4 is 0 Å². The van der Waals surface area contributed by atoms with Crippen LogP contribution in [0.4, 0.5) is 0 Å². The minimum Gasteiger partial charge on any atom is -0.286 e. The molecule has 0 unspecified atom stereocenters. The first-order valence-electron chi connectivity index (χ1n) is 4.79. The van der Waals surface area contributed by atoms with E-state index < -0.39 is 0 Å². The van der Waals surface area contributed by atoms with Crippen molar-refractivity contribution in [3.63, 3.8) is 0 Å². The molecule has 0 fully saturated rings. The molecule has 1 nitrogen and oxygen atoms in total. The largest absolute Gasteiger partial charge is 0.286 e. The summed E-state index contributed by atoms with van der Waals surface area (Å²) in [6, 6.07) is 5.75. The predicted molar refractivity (Wildman–Crippen MR) is 66.2 cm³/mol. The average molecular weight is 240 g/mol. The van der Waals surface area contributed by atoms with Crippen LogP contribution in [-0.4, -0.2) is 12.3 Å². The van der Waals surface area contributed by atoms with Crippen LogP contribution in [0, 0.1) is 0 Å². The topological polar surface area (TPSA) is 12.4 Å². The summed E-state index contributed by atoms with van der Waals surface area (Å²) in [6.07, 6.45) is 3.03. The summed E-state index contributed by atoms with van der Waals surface area (Å²) in [5, 5.41) is 1.22. The molecule has 0 radical (unpaired) electrons. The number of hydrogen-bond acceptors (Lipinski definition) is 1. The Bertz CT molecular complexity index is 447. The quantitative estimate of drug-likeness (QED) is 0.742. The lowest BCUT2D eigenvalue weighted by atomic mass is 10.1. The van der Waals surface area contributed by atoms with Gasteiger partial charge in [-0.15, -0.1) is 0 Å². The summed E-state index contributed by atoms with van der Waals surface area (Å²) in [4.78, 5) is 4.32. The fourth-order valence-electron chi connectivity index (χ4n) is 1.63. The first-order valence-corrected chi connectivity index (χ1v) is 5.55. The zero-order chi connectivity index (χ0) is 10.8. The molecule has 0 bridgehead atoms. The Kier molecular flexibility index (Phi) is 3.13. The van der Waals surface area contributed by atoms with Crippen molar-refractivity contribution in [1.82, 2.24) is 0 Å². The average Bonchev–Trinajstić information content (AvgIpc) is 2.58. The smallest absolute Gasteiger partial charge is 0.0609 e. The third-order valence-corrected chi connectivity index (χ3v) is 3.10. The second-order valence-corrected chi connectivity index (χ2v) is 4.50. The molecule has 1 aliphatic heterocycles. The molecule has 15 heavy (non-hydrogen) atoms. The lowest BCUT2D eigenvalue weighted by Gasteiger charge is -2.03. The molecule has 2 rings (SSSR count). The minimum absolute atomic E-state index is 0.605. The molecule has 1 heterocycles. The molecule has 3 heteroatoms. The lowest BCUT2D eigenvalue weighted by molar-refractivity contribution is 1.06. The van der Waals surface area contributed by atoms with E-state index in [4.69, 9.17) is 23.2 Å². The Morgan fingerprint density at radius 1 is 1.27 bits per heavy atom. The molecule has 0 spiro atoms. The molecule has 0 aromatic heterocycles. The molecular formula is C12H11Cl2N. The van der Waals surface area contributed by atoms with Gasteiger partial charge in [0, 0.05) is 5.71 Å². The number of rotatable bonds is 2. The van der Waals surface area contributed by atoms with Gasteiger partial charge in [-0.1, -0.05) is 29.3 Å². The molecule has 1 aliphatic rings. The van der Waals surface area contributed by atoms with Gasteiger partial charge in [-0.25, -0.2) is 0 Å². The van der Waals surface area contributed by atoms with E-state index in [-0.39, 0.29) is 0 Å². The Labute approximate surface area is 99.4 Å². The first kappa shape index (κ1) is 10.7. The number of nitrogens with zero attached hydrogens (tertiary/aromatic N) is 1. The maximum Gasteiger partial charge on any atom is 0.0609 e. The van der Waals surface area contributed by atoms with Crippen molar-refractivity contribution >= 4 is 28.9 Å². The maximum absolute atomic E-state index is 5.95. The van der Waals surface area contributed by atoms with Crippen molar-refractivity contribution in [2.24, 2.45) is 4.99 Å². The highest BCUT2D eigenvalue weighted by Gasteiger charge is 2.06. The summed E-state index contributed by atoms with van der Waals surface area (Å²) >= 11 is 11.8. The molecular weight excluding hydrogens is 229 g/mol. The standard InChI is InChI=1S/C12H11Cl2N/c1-8-4-10(7-15-8)5-9-2-3-11(13)12(14)6-9/h2-4,6H,5,7H2,1H3. The van der Waals surface area contributed by atoms with Crippen LogP contribution >= 0.6 is 23.2 Å². The van der Waals surface area contributed by atoms with E-state index in [0.717, 1.165) is 18.7 Å². The van der Waals surface area contributed by atoms with Crippen molar-refractivity contribution < 1.29 is 0 Å². The van der Waals surface area contributed by atoms with Gasteiger partial charge in [-0.2, -0.15) is 0 Å². The number of halogens is 2. The van der Waals surface area contributed by atoms with Crippen LogP contribution in [-0.2, 0) is 6.42 Å². The SMILES string of the molecule is CC1=NCC(Cc2ccc(Cl)c(Cl)c2)=C1. The van der Waals surface area contributed by atoms with E-state index in [9.17, 15) is 0 Å². The molecule has 0 saturated heterocycles. The molecule has 0 N–H and O–H groups in total. The monoisotopic (exact) mass is 239 g/mol. The normalized spacial score (nSPS) is 15.1. The highest BCUT2D eigenvalue weighted by Crippen LogP contribution is 2.24. The van der Waals surface area contributed by atoms with Crippen LogP contribution in [0.2, 0.25) is 10.0 Å². The Morgan fingerprint density at radius 2 is 2.07 bits per heavy atom. The second kappa shape index (κ2) is 4.38. The van der Waals surface area contributed by atoms with Crippen LogP contribution in [0.15, 0.2) is 34.8 Å². The van der Waals surface area contributed by atoms with Crippen molar-refractivity contribution in [3.8, 4) is 0 Å². The Balaban J connectivity index is 2.12. The zero-order valence-corrected chi connectivity index (χ0v) is 9.94. The van der Waals surface area contributed by atoms with Crippen molar-refractivity contribution in [1.29, 1.82) is 0 Å². The first-order chi connectivity index (χ1) is 7.15. The van der Waals surface area contributed by atoms with Crippen LogP contribution in [0.3, 0.4) is 0 Å². The second-order valence-electron chi connectivity index (χ2n) is 3.69. The molecule has 1 aromatic rings. The number of benzene rings is 1. The summed E-state index contributed by atoms with van der Waals surface area (Å²) in [5.41, 5.74) is 3.61. The molecule has 0 amide bonds. The highest BCUT2D eigenvalue weighted by atomic mass is 35.5. The van der Waals surface area contributed by atoms with E-state index in [1.54, 1.807) is 0 Å². The van der Waals surface area contributed by atoms with Crippen LogP contribution in [0.1, 0.15) is 12.5 Å². The predicted octanol–water partition coefficient (Wildman–Crippen LogP) is 3.94. The van der Waals surface area contributed by atoms with Crippen molar-refractivity contribution in [3.05, 3.63) is 45.5 Å². The van der Waals surface area contributed by atoms with E-state index in [1.807, 2.05) is 25.1 Å². The van der Waals surface area contributed by atoms with E-state index >= 15 is 0 Å². The molecule has 78 valence electrons. The van der Waals surface area contributed by atoms with E-state index in [1.165, 1.54) is 11.1 Å².